The standard InChI is InChI=1S/C21H15FN10O/c1-10(28-18-13(8-24)17(25)30-21(26)31-18)19-29-16-14(22)5-4-11(7-23)15(16)20(33)32(19)12-3-2-6-27-9-12/h2-6,9-10H,1H3,(H5,25,26,28,30,31)/t10-/m0/s1. The van der Waals surface area contributed by atoms with Gasteiger partial charge in [-0.3, -0.25) is 14.3 Å². The number of halogens is 1. The molecule has 3 aromatic heterocycles. The normalized spacial score (nSPS) is 11.5. The van der Waals surface area contributed by atoms with Crippen molar-refractivity contribution in [3.05, 3.63) is 69.8 Å². The van der Waals surface area contributed by atoms with Crippen molar-refractivity contribution < 1.29 is 4.39 Å². The number of nitrogens with zero attached hydrogens (tertiary/aromatic N) is 7. The van der Waals surface area contributed by atoms with E-state index in [0.717, 1.165) is 6.07 Å². The summed E-state index contributed by atoms with van der Waals surface area (Å²) < 4.78 is 15.9. The largest absolute Gasteiger partial charge is 0.382 e. The molecule has 1 aromatic carbocycles. The Labute approximate surface area is 185 Å². The number of pyridine rings is 1. The number of aromatic nitrogens is 5. The van der Waals surface area contributed by atoms with Gasteiger partial charge in [0.25, 0.3) is 5.56 Å². The Balaban J connectivity index is 2.00. The Morgan fingerprint density at radius 3 is 2.61 bits per heavy atom. The van der Waals surface area contributed by atoms with Crippen LogP contribution in [0.4, 0.5) is 22.0 Å². The zero-order valence-corrected chi connectivity index (χ0v) is 17.1. The van der Waals surface area contributed by atoms with Crippen molar-refractivity contribution in [1.82, 2.24) is 24.5 Å². The molecule has 0 spiro atoms. The van der Waals surface area contributed by atoms with Crippen LogP contribution in [0.15, 0.2) is 41.5 Å². The second-order valence-corrected chi connectivity index (χ2v) is 6.92. The number of rotatable bonds is 4. The van der Waals surface area contributed by atoms with Crippen molar-refractivity contribution in [2.75, 3.05) is 16.8 Å². The van der Waals surface area contributed by atoms with Gasteiger partial charge in [-0.2, -0.15) is 20.5 Å². The summed E-state index contributed by atoms with van der Waals surface area (Å²) in [5, 5.41) is 21.7. The Kier molecular flexibility index (Phi) is 5.26. The van der Waals surface area contributed by atoms with Crippen LogP contribution in [-0.4, -0.2) is 24.5 Å². The van der Waals surface area contributed by atoms with Crippen LogP contribution in [0.3, 0.4) is 0 Å². The summed E-state index contributed by atoms with van der Waals surface area (Å²) in [5.41, 5.74) is 10.8. The molecule has 0 saturated carbocycles. The Morgan fingerprint density at radius 1 is 1.15 bits per heavy atom. The SMILES string of the molecule is C[C@H](Nc1nc(N)nc(N)c1C#N)c1nc2c(F)ccc(C#N)c2c(=O)n1-c1cccnc1. The average Bonchev–Trinajstić information content (AvgIpc) is 2.79. The van der Waals surface area contributed by atoms with Gasteiger partial charge in [-0.25, -0.2) is 9.37 Å². The van der Waals surface area contributed by atoms with Crippen LogP contribution in [0.1, 0.15) is 29.9 Å². The molecule has 0 radical (unpaired) electrons. The van der Waals surface area contributed by atoms with E-state index in [1.54, 1.807) is 19.1 Å². The van der Waals surface area contributed by atoms with Crippen LogP contribution in [0.5, 0.6) is 0 Å². The van der Waals surface area contributed by atoms with E-state index >= 15 is 0 Å². The first kappa shape index (κ1) is 21.1. The van der Waals surface area contributed by atoms with Crippen LogP contribution in [0.25, 0.3) is 16.6 Å². The first-order valence-corrected chi connectivity index (χ1v) is 9.51. The van der Waals surface area contributed by atoms with Gasteiger partial charge in [0, 0.05) is 6.20 Å². The first-order chi connectivity index (χ1) is 15.8. The molecule has 162 valence electrons. The zero-order chi connectivity index (χ0) is 23.7. The molecule has 0 bridgehead atoms. The highest BCUT2D eigenvalue weighted by Crippen LogP contribution is 2.26. The minimum Gasteiger partial charge on any atom is -0.382 e. The lowest BCUT2D eigenvalue weighted by molar-refractivity contribution is 0.632. The second-order valence-electron chi connectivity index (χ2n) is 6.92. The third-order valence-electron chi connectivity index (χ3n) is 4.83. The van der Waals surface area contributed by atoms with E-state index in [1.807, 2.05) is 12.1 Å². The predicted octanol–water partition coefficient (Wildman–Crippen LogP) is 1.79. The van der Waals surface area contributed by atoms with Gasteiger partial charge in [-0.15, -0.1) is 0 Å². The molecule has 4 aromatic rings. The van der Waals surface area contributed by atoms with Crippen molar-refractivity contribution in [1.29, 1.82) is 10.5 Å². The van der Waals surface area contributed by atoms with Crippen molar-refractivity contribution in [2.45, 2.75) is 13.0 Å². The van der Waals surface area contributed by atoms with Crippen molar-refractivity contribution in [3.63, 3.8) is 0 Å². The molecule has 4 rings (SSSR count). The fourth-order valence-electron chi connectivity index (χ4n) is 3.37. The van der Waals surface area contributed by atoms with E-state index in [-0.39, 0.29) is 45.4 Å². The number of hydrogen-bond donors (Lipinski definition) is 3. The molecular formula is C21H15FN10O. The molecule has 33 heavy (non-hydrogen) atoms. The van der Waals surface area contributed by atoms with Gasteiger partial charge < -0.3 is 16.8 Å². The third-order valence-corrected chi connectivity index (χ3v) is 4.83. The third kappa shape index (κ3) is 3.62. The molecular weight excluding hydrogens is 427 g/mol. The topological polar surface area (TPSA) is 185 Å². The molecule has 5 N–H and O–H groups in total. The fourth-order valence-corrected chi connectivity index (χ4v) is 3.37. The van der Waals surface area contributed by atoms with E-state index in [4.69, 9.17) is 11.5 Å². The van der Waals surface area contributed by atoms with Gasteiger partial charge in [-0.1, -0.05) is 0 Å². The molecule has 0 amide bonds. The Morgan fingerprint density at radius 2 is 1.94 bits per heavy atom. The first-order valence-electron chi connectivity index (χ1n) is 9.51. The molecule has 0 fully saturated rings. The maximum atomic E-state index is 14.7. The van der Waals surface area contributed by atoms with Crippen LogP contribution in [0, 0.1) is 28.5 Å². The second kappa shape index (κ2) is 8.20. The van der Waals surface area contributed by atoms with Gasteiger partial charge in [0.2, 0.25) is 5.95 Å². The number of anilines is 3. The number of benzene rings is 1. The Hall–Kier alpha value is -5.10. The highest BCUT2D eigenvalue weighted by molar-refractivity contribution is 5.84. The molecule has 0 saturated heterocycles. The number of hydrogen-bond acceptors (Lipinski definition) is 10. The predicted molar refractivity (Wildman–Crippen MR) is 117 cm³/mol. The number of nitrogens with two attached hydrogens (primary N) is 2. The number of nitrogen functional groups attached to an aromatic ring is 2. The monoisotopic (exact) mass is 442 g/mol. The van der Waals surface area contributed by atoms with E-state index in [0.29, 0.717) is 5.69 Å². The molecule has 0 aliphatic rings. The van der Waals surface area contributed by atoms with Crippen LogP contribution in [0.2, 0.25) is 0 Å². The van der Waals surface area contributed by atoms with E-state index in [9.17, 15) is 19.7 Å². The molecule has 0 aliphatic carbocycles. The van der Waals surface area contributed by atoms with Gasteiger partial charge in [0.15, 0.2) is 5.82 Å². The molecule has 1 atom stereocenters. The minimum absolute atomic E-state index is 0.0168. The maximum absolute atomic E-state index is 14.7. The Bertz CT molecular complexity index is 1540. The number of nitriles is 2. The fraction of sp³-hybridized carbons (Fsp3) is 0.0952. The summed E-state index contributed by atoms with van der Waals surface area (Å²) in [5.74, 6) is -0.953. The lowest BCUT2D eigenvalue weighted by Crippen LogP contribution is -2.28. The highest BCUT2D eigenvalue weighted by Gasteiger charge is 2.23. The summed E-state index contributed by atoms with van der Waals surface area (Å²) in [4.78, 5) is 29.7. The smallest absolute Gasteiger partial charge is 0.267 e. The van der Waals surface area contributed by atoms with E-state index in [2.05, 4.69) is 25.3 Å². The van der Waals surface area contributed by atoms with Crippen LogP contribution < -0.4 is 22.3 Å². The summed E-state index contributed by atoms with van der Waals surface area (Å²) >= 11 is 0. The van der Waals surface area contributed by atoms with E-state index in [1.165, 1.54) is 23.0 Å². The molecule has 0 aliphatic heterocycles. The minimum atomic E-state index is -0.798. The molecule has 0 unspecified atom stereocenters. The number of nitrogens with one attached hydrogen (secondary N) is 1. The van der Waals surface area contributed by atoms with Gasteiger partial charge in [0.1, 0.15) is 40.7 Å². The lowest BCUT2D eigenvalue weighted by atomic mass is 10.1. The van der Waals surface area contributed by atoms with Crippen LogP contribution in [-0.2, 0) is 0 Å². The van der Waals surface area contributed by atoms with E-state index < -0.39 is 17.4 Å². The summed E-state index contributed by atoms with van der Waals surface area (Å²) in [6.07, 6.45) is 2.95. The van der Waals surface area contributed by atoms with Gasteiger partial charge in [-0.05, 0) is 31.2 Å². The van der Waals surface area contributed by atoms with Gasteiger partial charge >= 0.3 is 0 Å². The highest BCUT2D eigenvalue weighted by atomic mass is 19.1. The quantitative estimate of drug-likeness (QED) is 0.421. The maximum Gasteiger partial charge on any atom is 0.267 e. The summed E-state index contributed by atoms with van der Waals surface area (Å²) in [7, 11) is 0. The zero-order valence-electron chi connectivity index (χ0n) is 17.1. The summed E-state index contributed by atoms with van der Waals surface area (Å²) in [6.45, 7) is 1.63. The van der Waals surface area contributed by atoms with Gasteiger partial charge in [0.05, 0.1) is 28.9 Å². The lowest BCUT2D eigenvalue weighted by Gasteiger charge is -2.21. The van der Waals surface area contributed by atoms with Crippen LogP contribution >= 0.6 is 0 Å². The van der Waals surface area contributed by atoms with Crippen molar-refractivity contribution in [2.24, 2.45) is 0 Å². The van der Waals surface area contributed by atoms with Crippen molar-refractivity contribution >= 4 is 28.5 Å². The molecule has 11 nitrogen and oxygen atoms in total. The van der Waals surface area contributed by atoms with Crippen molar-refractivity contribution in [3.8, 4) is 17.8 Å². The molecule has 12 heteroatoms. The average molecular weight is 442 g/mol. The summed E-state index contributed by atoms with van der Waals surface area (Å²) in [6, 6.07) is 8.53. The molecule has 3 heterocycles. The number of fused-ring (bicyclic) bond motifs is 1.